The van der Waals surface area contributed by atoms with E-state index in [1.807, 2.05) is 24.3 Å². The van der Waals surface area contributed by atoms with Crippen molar-refractivity contribution in [3.8, 4) is 0 Å². The molecule has 0 saturated carbocycles. The molecule has 0 heterocycles. The summed E-state index contributed by atoms with van der Waals surface area (Å²) in [7, 11) is 0. The number of halogens is 1. The normalized spacial score (nSPS) is 10.2. The van der Waals surface area contributed by atoms with Gasteiger partial charge in [-0.15, -0.1) is 0 Å². The summed E-state index contributed by atoms with van der Waals surface area (Å²) in [4.78, 5) is 11.9. The van der Waals surface area contributed by atoms with Crippen LogP contribution in [-0.4, -0.2) is 11.2 Å². The van der Waals surface area contributed by atoms with Crippen LogP contribution < -0.4 is 0 Å². The van der Waals surface area contributed by atoms with Crippen LogP contribution in [0.25, 0.3) is 0 Å². The number of thiocarbonyl (C=S) groups is 1. The second kappa shape index (κ2) is 6.34. The lowest BCUT2D eigenvalue weighted by molar-refractivity contribution is 0.0983. The highest BCUT2D eigenvalue weighted by Crippen LogP contribution is 2.10. The Hall–Kier alpha value is -1.87. The molecule has 0 unspecified atom stereocenters. The van der Waals surface area contributed by atoms with E-state index < -0.39 is 0 Å². The van der Waals surface area contributed by atoms with E-state index in [0.29, 0.717) is 18.4 Å². The van der Waals surface area contributed by atoms with Crippen LogP contribution in [0.3, 0.4) is 0 Å². The van der Waals surface area contributed by atoms with Crippen LogP contribution in [0.5, 0.6) is 0 Å². The number of hydrogen-bond donors (Lipinski definition) is 0. The van der Waals surface area contributed by atoms with Crippen molar-refractivity contribution in [2.45, 2.75) is 12.8 Å². The molecule has 0 amide bonds. The van der Waals surface area contributed by atoms with E-state index in [4.69, 9.17) is 12.2 Å². The minimum Gasteiger partial charge on any atom is -0.294 e. The highest BCUT2D eigenvalue weighted by atomic mass is 32.1. The second-order valence-electron chi connectivity index (χ2n) is 4.29. The molecular formula is C16H13FOS. The van der Waals surface area contributed by atoms with Gasteiger partial charge in [-0.3, -0.25) is 4.79 Å². The van der Waals surface area contributed by atoms with E-state index in [0.717, 1.165) is 11.1 Å². The third-order valence-electron chi connectivity index (χ3n) is 2.92. The Balaban J connectivity index is 1.96. The van der Waals surface area contributed by atoms with Gasteiger partial charge in [0.2, 0.25) is 0 Å². The van der Waals surface area contributed by atoms with Gasteiger partial charge in [0.05, 0.1) is 0 Å². The first-order valence-corrected chi connectivity index (χ1v) is 6.49. The van der Waals surface area contributed by atoms with Gasteiger partial charge >= 0.3 is 0 Å². The molecule has 2 aromatic carbocycles. The number of benzene rings is 2. The topological polar surface area (TPSA) is 17.1 Å². The first-order valence-electron chi connectivity index (χ1n) is 6.02. The molecule has 0 aliphatic heterocycles. The van der Waals surface area contributed by atoms with Crippen LogP contribution in [-0.2, 0) is 6.42 Å². The number of carbonyl (C=O) groups excluding carboxylic acids is 1. The maximum Gasteiger partial charge on any atom is 0.163 e. The van der Waals surface area contributed by atoms with E-state index in [-0.39, 0.29) is 11.6 Å². The summed E-state index contributed by atoms with van der Waals surface area (Å²) in [6, 6.07) is 13.5. The van der Waals surface area contributed by atoms with Crippen molar-refractivity contribution < 1.29 is 9.18 Å². The monoisotopic (exact) mass is 272 g/mol. The van der Waals surface area contributed by atoms with Crippen molar-refractivity contribution in [1.82, 2.24) is 0 Å². The third-order valence-corrected chi connectivity index (χ3v) is 3.19. The molecule has 0 fully saturated rings. The number of Topliss-reactive ketones (excluding diaryl/α,β-unsaturated/α-hetero) is 1. The molecular weight excluding hydrogens is 259 g/mol. The molecule has 0 bridgehead atoms. The minimum absolute atomic E-state index is 0.0268. The zero-order chi connectivity index (χ0) is 13.7. The Bertz CT molecular complexity index is 573. The zero-order valence-corrected chi connectivity index (χ0v) is 11.1. The molecule has 0 aromatic heterocycles. The Morgan fingerprint density at radius 1 is 1.05 bits per heavy atom. The fourth-order valence-electron chi connectivity index (χ4n) is 1.80. The van der Waals surface area contributed by atoms with Crippen molar-refractivity contribution in [1.29, 1.82) is 0 Å². The third kappa shape index (κ3) is 3.80. The zero-order valence-electron chi connectivity index (χ0n) is 10.3. The molecule has 0 N–H and O–H groups in total. The fraction of sp³-hybridized carbons (Fsp3) is 0.125. The fourth-order valence-corrected chi connectivity index (χ4v) is 1.96. The first-order chi connectivity index (χ1) is 9.19. The summed E-state index contributed by atoms with van der Waals surface area (Å²) in [5.41, 5.74) is 2.64. The predicted molar refractivity (Wildman–Crippen MR) is 78.3 cm³/mol. The van der Waals surface area contributed by atoms with Gasteiger partial charge in [0.1, 0.15) is 5.82 Å². The number of ketones is 1. The average molecular weight is 272 g/mol. The number of carbonyl (C=O) groups is 1. The van der Waals surface area contributed by atoms with Crippen molar-refractivity contribution in [3.63, 3.8) is 0 Å². The molecule has 96 valence electrons. The summed E-state index contributed by atoms with van der Waals surface area (Å²) >= 11 is 4.83. The maximum absolute atomic E-state index is 12.7. The smallest absolute Gasteiger partial charge is 0.163 e. The van der Waals surface area contributed by atoms with E-state index >= 15 is 0 Å². The van der Waals surface area contributed by atoms with Gasteiger partial charge in [0.15, 0.2) is 5.78 Å². The van der Waals surface area contributed by atoms with Crippen molar-refractivity contribution in [2.75, 3.05) is 0 Å². The average Bonchev–Trinajstić information content (AvgIpc) is 2.46. The molecule has 2 rings (SSSR count). The molecule has 0 atom stereocenters. The molecule has 2 aromatic rings. The summed E-state index contributed by atoms with van der Waals surface area (Å²) in [5, 5.41) is 1.62. The van der Waals surface area contributed by atoms with Crippen LogP contribution >= 0.6 is 12.2 Å². The van der Waals surface area contributed by atoms with E-state index in [2.05, 4.69) is 0 Å². The minimum atomic E-state index is -0.327. The number of aryl methyl sites for hydroxylation is 1. The molecule has 0 saturated heterocycles. The van der Waals surface area contributed by atoms with Crippen LogP contribution in [0.2, 0.25) is 0 Å². The molecule has 0 aliphatic carbocycles. The molecule has 19 heavy (non-hydrogen) atoms. The Morgan fingerprint density at radius 3 is 2.26 bits per heavy atom. The van der Waals surface area contributed by atoms with Gasteiger partial charge in [-0.05, 0) is 41.8 Å². The first kappa shape index (κ1) is 13.6. The van der Waals surface area contributed by atoms with Crippen LogP contribution in [0.4, 0.5) is 4.39 Å². The van der Waals surface area contributed by atoms with Gasteiger partial charge in [0.25, 0.3) is 0 Å². The van der Waals surface area contributed by atoms with Gasteiger partial charge in [0, 0.05) is 17.4 Å². The van der Waals surface area contributed by atoms with Crippen molar-refractivity contribution in [3.05, 3.63) is 71.0 Å². The van der Waals surface area contributed by atoms with E-state index in [1.165, 1.54) is 24.3 Å². The van der Waals surface area contributed by atoms with Crippen molar-refractivity contribution >= 4 is 23.4 Å². The maximum atomic E-state index is 12.7. The molecule has 0 spiro atoms. The lowest BCUT2D eigenvalue weighted by Gasteiger charge is -2.02. The largest absolute Gasteiger partial charge is 0.294 e. The van der Waals surface area contributed by atoms with Crippen LogP contribution in [0, 0.1) is 5.82 Å². The SMILES string of the molecule is O=C(CCc1ccc(C=S)cc1)c1ccc(F)cc1. The van der Waals surface area contributed by atoms with Crippen LogP contribution in [0.1, 0.15) is 27.9 Å². The van der Waals surface area contributed by atoms with Crippen molar-refractivity contribution in [2.24, 2.45) is 0 Å². The van der Waals surface area contributed by atoms with E-state index in [9.17, 15) is 9.18 Å². The molecule has 3 heteroatoms. The van der Waals surface area contributed by atoms with Gasteiger partial charge in [-0.25, -0.2) is 4.39 Å². The summed E-state index contributed by atoms with van der Waals surface area (Å²) in [5.74, 6) is -0.300. The summed E-state index contributed by atoms with van der Waals surface area (Å²) in [6.07, 6.45) is 1.09. The Morgan fingerprint density at radius 2 is 1.68 bits per heavy atom. The Kier molecular flexibility index (Phi) is 4.53. The van der Waals surface area contributed by atoms with E-state index in [1.54, 1.807) is 5.37 Å². The summed E-state index contributed by atoms with van der Waals surface area (Å²) < 4.78 is 12.7. The Labute approximate surface area is 117 Å². The highest BCUT2D eigenvalue weighted by Gasteiger charge is 2.06. The second-order valence-corrected chi connectivity index (χ2v) is 4.53. The quantitative estimate of drug-likeness (QED) is 0.604. The number of hydrogen-bond acceptors (Lipinski definition) is 2. The molecule has 0 aliphatic rings. The number of rotatable bonds is 5. The lowest BCUT2D eigenvalue weighted by Crippen LogP contribution is -2.01. The standard InChI is InChI=1S/C16H13FOS/c17-15-8-6-14(7-9-15)16(18)10-5-12-1-3-13(11-19)4-2-12/h1-4,6-9,11H,5,10H2. The van der Waals surface area contributed by atoms with Crippen LogP contribution in [0.15, 0.2) is 48.5 Å². The highest BCUT2D eigenvalue weighted by molar-refractivity contribution is 7.79. The lowest BCUT2D eigenvalue weighted by atomic mass is 10.0. The predicted octanol–water partition coefficient (Wildman–Crippen LogP) is 3.99. The summed E-state index contributed by atoms with van der Waals surface area (Å²) in [6.45, 7) is 0. The molecule has 0 radical (unpaired) electrons. The molecule has 1 nitrogen and oxygen atoms in total. The van der Waals surface area contributed by atoms with Gasteiger partial charge < -0.3 is 0 Å². The van der Waals surface area contributed by atoms with Gasteiger partial charge in [-0.2, -0.15) is 0 Å². The van der Waals surface area contributed by atoms with Gasteiger partial charge in [-0.1, -0.05) is 36.5 Å².